The zero-order valence-electron chi connectivity index (χ0n) is 15.3. The number of hydrogen-bond donors (Lipinski definition) is 2. The number of aromatic amines is 1. The average Bonchev–Trinajstić information content (AvgIpc) is 3.07. The number of carbonyl (C=O) groups excluding carboxylic acids is 1. The second-order valence-electron chi connectivity index (χ2n) is 6.92. The van der Waals surface area contributed by atoms with Gasteiger partial charge in [0, 0.05) is 12.1 Å². The number of fused-ring (bicyclic) bond motifs is 1. The van der Waals surface area contributed by atoms with Crippen LogP contribution >= 0.6 is 0 Å². The highest BCUT2D eigenvalue weighted by Gasteiger charge is 2.26. The Hall–Kier alpha value is -2.08. The number of methoxy groups -OCH3 is 1. The summed E-state index contributed by atoms with van der Waals surface area (Å²) in [5, 5.41) is 3.00. The highest BCUT2D eigenvalue weighted by molar-refractivity contribution is 5.81. The molecule has 1 aliphatic rings. The second kappa shape index (κ2) is 7.87. The molecule has 1 atom stereocenters. The summed E-state index contributed by atoms with van der Waals surface area (Å²) in [4.78, 5) is 22.5. The van der Waals surface area contributed by atoms with Gasteiger partial charge in [-0.1, -0.05) is 19.3 Å². The molecule has 1 fully saturated rings. The van der Waals surface area contributed by atoms with Crippen molar-refractivity contribution in [1.29, 1.82) is 0 Å². The molecule has 6 heteroatoms. The third kappa shape index (κ3) is 4.12. The maximum absolute atomic E-state index is 12.5. The topological polar surface area (TPSA) is 70.2 Å². The minimum atomic E-state index is -0.132. The van der Waals surface area contributed by atoms with Crippen molar-refractivity contribution in [3.8, 4) is 5.75 Å². The summed E-state index contributed by atoms with van der Waals surface area (Å²) in [5.74, 6) is 1.59. The fourth-order valence-electron chi connectivity index (χ4n) is 3.56. The van der Waals surface area contributed by atoms with Crippen LogP contribution in [0.25, 0.3) is 11.0 Å². The van der Waals surface area contributed by atoms with Crippen LogP contribution in [-0.4, -0.2) is 47.0 Å². The first-order valence-electron chi connectivity index (χ1n) is 9.10. The smallest absolute Gasteiger partial charge is 0.237 e. The van der Waals surface area contributed by atoms with E-state index in [2.05, 4.69) is 27.2 Å². The van der Waals surface area contributed by atoms with Gasteiger partial charge < -0.3 is 15.0 Å². The predicted molar refractivity (Wildman–Crippen MR) is 98.6 cm³/mol. The lowest BCUT2D eigenvalue weighted by Gasteiger charge is -2.34. The average molecular weight is 344 g/mol. The quantitative estimate of drug-likeness (QED) is 0.845. The summed E-state index contributed by atoms with van der Waals surface area (Å²) in [6.45, 7) is 2.38. The third-order valence-corrected chi connectivity index (χ3v) is 5.31. The summed E-state index contributed by atoms with van der Waals surface area (Å²) < 4.78 is 5.22. The van der Waals surface area contributed by atoms with Gasteiger partial charge in [0.1, 0.15) is 11.6 Å². The zero-order chi connectivity index (χ0) is 17.8. The van der Waals surface area contributed by atoms with E-state index in [-0.39, 0.29) is 11.9 Å². The Morgan fingerprint density at radius 1 is 1.40 bits per heavy atom. The number of H-pyrrole nitrogens is 1. The van der Waals surface area contributed by atoms with Gasteiger partial charge in [-0.2, -0.15) is 0 Å². The zero-order valence-corrected chi connectivity index (χ0v) is 15.3. The molecular weight excluding hydrogens is 316 g/mol. The van der Waals surface area contributed by atoms with Crippen molar-refractivity contribution in [3.63, 3.8) is 0 Å². The number of ether oxygens (including phenoxy) is 1. The van der Waals surface area contributed by atoms with Crippen LogP contribution in [0.2, 0.25) is 0 Å². The van der Waals surface area contributed by atoms with Crippen LogP contribution in [0.1, 0.15) is 44.9 Å². The van der Waals surface area contributed by atoms with E-state index in [9.17, 15) is 4.79 Å². The first-order chi connectivity index (χ1) is 12.1. The molecule has 136 valence electrons. The Labute approximate surface area is 149 Å². The molecule has 1 unspecified atom stereocenters. The van der Waals surface area contributed by atoms with Crippen molar-refractivity contribution in [2.45, 2.75) is 57.7 Å². The second-order valence-corrected chi connectivity index (χ2v) is 6.92. The molecule has 2 aromatic rings. The third-order valence-electron chi connectivity index (χ3n) is 5.31. The molecule has 0 bridgehead atoms. The van der Waals surface area contributed by atoms with Crippen LogP contribution in [0, 0.1) is 0 Å². The van der Waals surface area contributed by atoms with Gasteiger partial charge in [0.05, 0.1) is 30.7 Å². The van der Waals surface area contributed by atoms with Crippen LogP contribution in [-0.2, 0) is 11.3 Å². The van der Waals surface area contributed by atoms with Gasteiger partial charge in [-0.25, -0.2) is 4.98 Å². The summed E-state index contributed by atoms with van der Waals surface area (Å²) in [5.41, 5.74) is 1.79. The molecule has 1 amide bonds. The van der Waals surface area contributed by atoms with Crippen molar-refractivity contribution in [1.82, 2.24) is 20.2 Å². The lowest BCUT2D eigenvalue weighted by atomic mass is 9.93. The number of carbonyl (C=O) groups is 1. The lowest BCUT2D eigenvalue weighted by Crippen LogP contribution is -2.48. The molecule has 0 spiro atoms. The van der Waals surface area contributed by atoms with Gasteiger partial charge in [0.25, 0.3) is 0 Å². The van der Waals surface area contributed by atoms with Gasteiger partial charge >= 0.3 is 0 Å². The molecule has 0 radical (unpaired) electrons. The number of nitrogens with zero attached hydrogens (tertiary/aromatic N) is 2. The van der Waals surface area contributed by atoms with Crippen molar-refractivity contribution < 1.29 is 9.53 Å². The van der Waals surface area contributed by atoms with Gasteiger partial charge in [0.15, 0.2) is 0 Å². The SMILES string of the molecule is COc1ccc2nc(CNC(=O)C(C)N(C)C3CCCCC3)[nH]c2c1. The Kier molecular flexibility index (Phi) is 5.58. The lowest BCUT2D eigenvalue weighted by molar-refractivity contribution is -0.126. The number of amides is 1. The summed E-state index contributed by atoms with van der Waals surface area (Å²) in [6.07, 6.45) is 6.25. The van der Waals surface area contributed by atoms with Crippen LogP contribution in [0.15, 0.2) is 18.2 Å². The van der Waals surface area contributed by atoms with E-state index in [1.165, 1.54) is 32.1 Å². The van der Waals surface area contributed by atoms with Gasteiger partial charge in [-0.05, 0) is 38.9 Å². The molecule has 1 heterocycles. The summed E-state index contributed by atoms with van der Waals surface area (Å²) >= 11 is 0. The standard InChI is InChI=1S/C19H28N4O2/c1-13(23(2)14-7-5-4-6-8-14)19(24)20-12-18-21-16-10-9-15(25-3)11-17(16)22-18/h9-11,13-14H,4-8,12H2,1-3H3,(H,20,24)(H,21,22). The molecule has 1 saturated carbocycles. The number of rotatable bonds is 6. The molecule has 25 heavy (non-hydrogen) atoms. The van der Waals surface area contributed by atoms with Crippen LogP contribution in [0.3, 0.4) is 0 Å². The van der Waals surface area contributed by atoms with E-state index in [1.54, 1.807) is 7.11 Å². The fraction of sp³-hybridized carbons (Fsp3) is 0.579. The number of nitrogens with one attached hydrogen (secondary N) is 2. The first-order valence-corrected chi connectivity index (χ1v) is 9.10. The molecule has 0 aliphatic heterocycles. The van der Waals surface area contributed by atoms with E-state index >= 15 is 0 Å². The van der Waals surface area contributed by atoms with Gasteiger partial charge in [-0.3, -0.25) is 9.69 Å². The Morgan fingerprint density at radius 2 is 2.16 bits per heavy atom. The maximum Gasteiger partial charge on any atom is 0.237 e. The molecule has 1 aromatic carbocycles. The minimum Gasteiger partial charge on any atom is -0.497 e. The Bertz CT molecular complexity index is 721. The minimum absolute atomic E-state index is 0.0473. The predicted octanol–water partition coefficient (Wildman–Crippen LogP) is 2.84. The number of imidazole rings is 1. The number of aromatic nitrogens is 2. The Balaban J connectivity index is 1.57. The van der Waals surface area contributed by atoms with E-state index < -0.39 is 0 Å². The molecule has 3 rings (SSSR count). The molecule has 6 nitrogen and oxygen atoms in total. The van der Waals surface area contributed by atoms with Crippen LogP contribution < -0.4 is 10.1 Å². The molecule has 2 N–H and O–H groups in total. The Morgan fingerprint density at radius 3 is 2.88 bits per heavy atom. The maximum atomic E-state index is 12.5. The highest BCUT2D eigenvalue weighted by Crippen LogP contribution is 2.23. The number of hydrogen-bond acceptors (Lipinski definition) is 4. The number of benzene rings is 1. The summed E-state index contributed by atoms with van der Waals surface area (Å²) in [6, 6.07) is 6.09. The van der Waals surface area contributed by atoms with E-state index in [1.807, 2.05) is 25.1 Å². The van der Waals surface area contributed by atoms with Crippen molar-refractivity contribution >= 4 is 16.9 Å². The molecule has 0 saturated heterocycles. The van der Waals surface area contributed by atoms with Crippen LogP contribution in [0.4, 0.5) is 0 Å². The van der Waals surface area contributed by atoms with Crippen molar-refractivity contribution in [3.05, 3.63) is 24.0 Å². The largest absolute Gasteiger partial charge is 0.497 e. The molecular formula is C19H28N4O2. The van der Waals surface area contributed by atoms with E-state index in [0.29, 0.717) is 12.6 Å². The first kappa shape index (κ1) is 17.7. The highest BCUT2D eigenvalue weighted by atomic mass is 16.5. The van der Waals surface area contributed by atoms with Gasteiger partial charge in [0.2, 0.25) is 5.91 Å². The monoisotopic (exact) mass is 344 g/mol. The molecule has 1 aromatic heterocycles. The van der Waals surface area contributed by atoms with Crippen LogP contribution in [0.5, 0.6) is 5.75 Å². The fourth-order valence-corrected chi connectivity index (χ4v) is 3.56. The van der Waals surface area contributed by atoms with E-state index in [4.69, 9.17) is 4.74 Å². The number of likely N-dealkylation sites (N-methyl/N-ethyl adjacent to an activating group) is 1. The summed E-state index contributed by atoms with van der Waals surface area (Å²) in [7, 11) is 3.70. The van der Waals surface area contributed by atoms with Crippen molar-refractivity contribution in [2.24, 2.45) is 0 Å². The van der Waals surface area contributed by atoms with Crippen molar-refractivity contribution in [2.75, 3.05) is 14.2 Å². The van der Waals surface area contributed by atoms with E-state index in [0.717, 1.165) is 22.6 Å². The normalized spacial score (nSPS) is 17.0. The van der Waals surface area contributed by atoms with Gasteiger partial charge in [-0.15, -0.1) is 0 Å². The molecule has 1 aliphatic carbocycles.